The molecule has 0 unspecified atom stereocenters. The Labute approximate surface area is 132 Å². The normalized spacial score (nSPS) is 21.0. The van der Waals surface area contributed by atoms with Crippen molar-refractivity contribution < 1.29 is 9.53 Å². The lowest BCUT2D eigenvalue weighted by molar-refractivity contribution is -0.119. The second kappa shape index (κ2) is 6.78. The van der Waals surface area contributed by atoms with Crippen molar-refractivity contribution in [3.8, 4) is 5.75 Å². The number of carbonyl (C=O) groups is 1. The fourth-order valence-corrected chi connectivity index (χ4v) is 3.49. The van der Waals surface area contributed by atoms with Gasteiger partial charge in [-0.2, -0.15) is 0 Å². The molecule has 2 heteroatoms. The summed E-state index contributed by atoms with van der Waals surface area (Å²) >= 11 is 0. The summed E-state index contributed by atoms with van der Waals surface area (Å²) in [6.07, 6.45) is 3.86. The number of ether oxygens (including phenoxy) is 1. The first-order chi connectivity index (χ1) is 10.8. The van der Waals surface area contributed by atoms with Crippen LogP contribution in [0.5, 0.6) is 5.75 Å². The van der Waals surface area contributed by atoms with E-state index in [1.807, 2.05) is 30.3 Å². The smallest absolute Gasteiger partial charge is 0.140 e. The molecule has 2 aromatic carbocycles. The van der Waals surface area contributed by atoms with Crippen LogP contribution in [0, 0.1) is 5.92 Å². The molecule has 2 aromatic rings. The lowest BCUT2D eigenvalue weighted by Gasteiger charge is -2.19. The molecule has 1 fully saturated rings. The van der Waals surface area contributed by atoms with Crippen molar-refractivity contribution in [3.63, 3.8) is 0 Å². The molecular formula is C20H22O2. The van der Waals surface area contributed by atoms with E-state index < -0.39 is 0 Å². The number of aryl methyl sites for hydroxylation is 1. The molecule has 3 rings (SSSR count). The summed E-state index contributed by atoms with van der Waals surface area (Å²) in [6, 6.07) is 18.5. The van der Waals surface area contributed by atoms with Crippen molar-refractivity contribution in [1.82, 2.24) is 0 Å². The molecule has 0 saturated heterocycles. The van der Waals surface area contributed by atoms with Gasteiger partial charge in [0.25, 0.3) is 0 Å². The zero-order valence-corrected chi connectivity index (χ0v) is 13.0. The Kier molecular flexibility index (Phi) is 4.57. The lowest BCUT2D eigenvalue weighted by atomic mass is 9.84. The van der Waals surface area contributed by atoms with Crippen LogP contribution in [-0.4, -0.2) is 12.9 Å². The number of hydrogen-bond acceptors (Lipinski definition) is 2. The fraction of sp³-hybridized carbons (Fsp3) is 0.350. The standard InChI is InChI=1S/C20H22O2/c1-22-18-12-9-17(10-13-18)20-16(11-14-19(20)21)8-7-15-5-3-2-4-6-15/h2-6,9-10,12-13,16,20H,7-8,11,14H2,1H3/t16-,20-/m0/s1. The minimum absolute atomic E-state index is 0.0645. The van der Waals surface area contributed by atoms with Crippen LogP contribution in [0.4, 0.5) is 0 Å². The van der Waals surface area contributed by atoms with E-state index in [1.54, 1.807) is 7.11 Å². The molecule has 0 bridgehead atoms. The number of rotatable bonds is 5. The van der Waals surface area contributed by atoms with Crippen LogP contribution in [0.25, 0.3) is 0 Å². The Bertz CT molecular complexity index is 616. The quantitative estimate of drug-likeness (QED) is 0.817. The highest BCUT2D eigenvalue weighted by Crippen LogP contribution is 2.40. The Hall–Kier alpha value is -2.09. The van der Waals surface area contributed by atoms with E-state index in [9.17, 15) is 4.79 Å². The second-order valence-corrected chi connectivity index (χ2v) is 6.04. The van der Waals surface area contributed by atoms with Crippen LogP contribution >= 0.6 is 0 Å². The van der Waals surface area contributed by atoms with Gasteiger partial charge in [0, 0.05) is 12.3 Å². The van der Waals surface area contributed by atoms with Gasteiger partial charge in [-0.25, -0.2) is 0 Å². The van der Waals surface area contributed by atoms with E-state index in [4.69, 9.17) is 4.74 Å². The SMILES string of the molecule is COc1ccc([C@H]2C(=O)CC[C@@H]2CCc2ccccc2)cc1. The number of benzene rings is 2. The van der Waals surface area contributed by atoms with Gasteiger partial charge in [-0.1, -0.05) is 42.5 Å². The first kappa shape index (κ1) is 14.8. The third-order valence-electron chi connectivity index (χ3n) is 4.70. The zero-order chi connectivity index (χ0) is 15.4. The predicted molar refractivity (Wildman–Crippen MR) is 88.2 cm³/mol. The Morgan fingerprint density at radius 2 is 1.77 bits per heavy atom. The van der Waals surface area contributed by atoms with Crippen LogP contribution in [0.3, 0.4) is 0 Å². The molecule has 0 spiro atoms. The monoisotopic (exact) mass is 294 g/mol. The molecule has 2 atom stereocenters. The molecule has 0 aromatic heterocycles. The summed E-state index contributed by atoms with van der Waals surface area (Å²) in [6.45, 7) is 0. The summed E-state index contributed by atoms with van der Waals surface area (Å²) in [5.41, 5.74) is 2.50. The zero-order valence-electron chi connectivity index (χ0n) is 13.0. The Morgan fingerprint density at radius 1 is 1.05 bits per heavy atom. The average Bonchev–Trinajstić information content (AvgIpc) is 2.95. The molecule has 0 amide bonds. The van der Waals surface area contributed by atoms with Crippen LogP contribution in [0.2, 0.25) is 0 Å². The van der Waals surface area contributed by atoms with Gasteiger partial charge in [0.1, 0.15) is 11.5 Å². The van der Waals surface area contributed by atoms with E-state index in [0.717, 1.165) is 37.0 Å². The second-order valence-electron chi connectivity index (χ2n) is 6.04. The van der Waals surface area contributed by atoms with Gasteiger partial charge in [0.15, 0.2) is 0 Å². The van der Waals surface area contributed by atoms with Gasteiger partial charge in [0.2, 0.25) is 0 Å². The molecule has 0 aliphatic heterocycles. The molecule has 22 heavy (non-hydrogen) atoms. The minimum Gasteiger partial charge on any atom is -0.497 e. The third kappa shape index (κ3) is 3.22. The number of Topliss-reactive ketones (excluding diaryl/α,β-unsaturated/α-hetero) is 1. The maximum atomic E-state index is 12.3. The van der Waals surface area contributed by atoms with Crippen molar-refractivity contribution in [2.45, 2.75) is 31.6 Å². The first-order valence-electron chi connectivity index (χ1n) is 7.98. The van der Waals surface area contributed by atoms with Crippen LogP contribution in [0.15, 0.2) is 54.6 Å². The number of ketones is 1. The van der Waals surface area contributed by atoms with Crippen molar-refractivity contribution in [3.05, 3.63) is 65.7 Å². The molecule has 2 nitrogen and oxygen atoms in total. The molecule has 1 aliphatic rings. The van der Waals surface area contributed by atoms with Crippen molar-refractivity contribution in [1.29, 1.82) is 0 Å². The van der Waals surface area contributed by atoms with E-state index in [0.29, 0.717) is 11.7 Å². The van der Waals surface area contributed by atoms with Gasteiger partial charge in [-0.3, -0.25) is 4.79 Å². The fourth-order valence-electron chi connectivity index (χ4n) is 3.49. The van der Waals surface area contributed by atoms with Crippen LogP contribution < -0.4 is 4.74 Å². The van der Waals surface area contributed by atoms with Crippen LogP contribution in [0.1, 0.15) is 36.3 Å². The number of hydrogen-bond donors (Lipinski definition) is 0. The molecule has 114 valence electrons. The van der Waals surface area contributed by atoms with Gasteiger partial charge in [-0.05, 0) is 48.4 Å². The average molecular weight is 294 g/mol. The summed E-state index contributed by atoms with van der Waals surface area (Å²) in [4.78, 5) is 12.3. The van der Waals surface area contributed by atoms with Crippen LogP contribution in [-0.2, 0) is 11.2 Å². The van der Waals surface area contributed by atoms with Gasteiger partial charge in [0.05, 0.1) is 7.11 Å². The molecule has 0 radical (unpaired) electrons. The highest BCUT2D eigenvalue weighted by molar-refractivity contribution is 5.88. The maximum absolute atomic E-state index is 12.3. The highest BCUT2D eigenvalue weighted by Gasteiger charge is 2.35. The summed E-state index contributed by atoms with van der Waals surface area (Å²) < 4.78 is 5.21. The largest absolute Gasteiger partial charge is 0.497 e. The summed E-state index contributed by atoms with van der Waals surface area (Å²) in [5.74, 6) is 1.76. The van der Waals surface area contributed by atoms with Crippen molar-refractivity contribution in [2.75, 3.05) is 7.11 Å². The number of carbonyl (C=O) groups excluding carboxylic acids is 1. The molecule has 1 aliphatic carbocycles. The molecular weight excluding hydrogens is 272 g/mol. The van der Waals surface area contributed by atoms with E-state index in [2.05, 4.69) is 24.3 Å². The van der Waals surface area contributed by atoms with Crippen molar-refractivity contribution >= 4 is 5.78 Å². The van der Waals surface area contributed by atoms with Gasteiger partial charge in [-0.15, -0.1) is 0 Å². The van der Waals surface area contributed by atoms with E-state index >= 15 is 0 Å². The topological polar surface area (TPSA) is 26.3 Å². The third-order valence-corrected chi connectivity index (χ3v) is 4.70. The number of methoxy groups -OCH3 is 1. The molecule has 0 heterocycles. The van der Waals surface area contributed by atoms with Gasteiger partial charge >= 0.3 is 0 Å². The van der Waals surface area contributed by atoms with E-state index in [1.165, 1.54) is 5.56 Å². The molecule has 1 saturated carbocycles. The Balaban J connectivity index is 1.71. The Morgan fingerprint density at radius 3 is 2.45 bits per heavy atom. The summed E-state index contributed by atoms with van der Waals surface area (Å²) in [5, 5.41) is 0. The highest BCUT2D eigenvalue weighted by atomic mass is 16.5. The summed E-state index contributed by atoms with van der Waals surface area (Å²) in [7, 11) is 1.67. The maximum Gasteiger partial charge on any atom is 0.140 e. The first-order valence-corrected chi connectivity index (χ1v) is 7.98. The van der Waals surface area contributed by atoms with Crippen molar-refractivity contribution in [2.24, 2.45) is 5.92 Å². The predicted octanol–water partition coefficient (Wildman–Crippen LogP) is 4.39. The molecule has 0 N–H and O–H groups in total. The minimum atomic E-state index is 0.0645. The van der Waals surface area contributed by atoms with Gasteiger partial charge < -0.3 is 4.74 Å². The van der Waals surface area contributed by atoms with E-state index in [-0.39, 0.29) is 5.92 Å². The lowest BCUT2D eigenvalue weighted by Crippen LogP contribution is -2.13.